The minimum atomic E-state index is 0.150. The van der Waals surface area contributed by atoms with Crippen molar-refractivity contribution >= 4 is 5.91 Å². The van der Waals surface area contributed by atoms with Crippen LogP contribution in [0.25, 0.3) is 0 Å². The standard InChI is InChI=1S/C11H24N2O.2C2H6/c1-4-6-7-8-12-11(14)10-13(3)9-5-2;2*1-2/h4-10H2,1-3H3,(H,12,14);2*1-2H3. The first-order valence-corrected chi connectivity index (χ1v) is 7.66. The summed E-state index contributed by atoms with van der Waals surface area (Å²) in [5.74, 6) is 0.150. The first-order chi connectivity index (χ1) is 8.70. The van der Waals surface area contributed by atoms with Gasteiger partial charge in [-0.15, -0.1) is 0 Å². The third kappa shape index (κ3) is 20.8. The van der Waals surface area contributed by atoms with E-state index in [-0.39, 0.29) is 5.91 Å². The molecule has 0 aromatic heterocycles. The Hall–Kier alpha value is -0.570. The van der Waals surface area contributed by atoms with Gasteiger partial charge in [-0.2, -0.15) is 0 Å². The summed E-state index contributed by atoms with van der Waals surface area (Å²) in [5, 5.41) is 2.93. The maximum absolute atomic E-state index is 11.3. The molecule has 0 heterocycles. The highest BCUT2D eigenvalue weighted by Gasteiger charge is 2.03. The Morgan fingerprint density at radius 1 is 1.00 bits per heavy atom. The maximum Gasteiger partial charge on any atom is 0.234 e. The van der Waals surface area contributed by atoms with Gasteiger partial charge in [-0.25, -0.2) is 0 Å². The van der Waals surface area contributed by atoms with Gasteiger partial charge in [0.15, 0.2) is 0 Å². The second kappa shape index (κ2) is 21.7. The van der Waals surface area contributed by atoms with Crippen molar-refractivity contribution in [1.82, 2.24) is 10.2 Å². The van der Waals surface area contributed by atoms with Crippen LogP contribution in [0.2, 0.25) is 0 Å². The lowest BCUT2D eigenvalue weighted by atomic mass is 10.2. The SMILES string of the molecule is CC.CC.CCCCCNC(=O)CN(C)CCC. The van der Waals surface area contributed by atoms with Crippen LogP contribution < -0.4 is 5.32 Å². The summed E-state index contributed by atoms with van der Waals surface area (Å²) in [6.45, 7) is 14.6. The van der Waals surface area contributed by atoms with Crippen LogP contribution in [-0.4, -0.2) is 37.5 Å². The molecule has 0 atom stereocenters. The van der Waals surface area contributed by atoms with Crippen LogP contribution in [0.3, 0.4) is 0 Å². The van der Waals surface area contributed by atoms with Crippen molar-refractivity contribution in [2.24, 2.45) is 0 Å². The van der Waals surface area contributed by atoms with Gasteiger partial charge in [0.1, 0.15) is 0 Å². The summed E-state index contributed by atoms with van der Waals surface area (Å²) in [7, 11) is 1.98. The van der Waals surface area contributed by atoms with Crippen molar-refractivity contribution in [3.63, 3.8) is 0 Å². The molecule has 0 aliphatic rings. The quantitative estimate of drug-likeness (QED) is 0.675. The molecule has 0 rings (SSSR count). The molecule has 0 spiro atoms. The predicted molar refractivity (Wildman–Crippen MR) is 83.0 cm³/mol. The van der Waals surface area contributed by atoms with Crippen LogP contribution >= 0.6 is 0 Å². The number of amides is 1. The van der Waals surface area contributed by atoms with Crippen LogP contribution in [0, 0.1) is 0 Å². The van der Waals surface area contributed by atoms with Gasteiger partial charge in [0, 0.05) is 6.54 Å². The molecular weight excluding hydrogens is 224 g/mol. The van der Waals surface area contributed by atoms with Gasteiger partial charge >= 0.3 is 0 Å². The zero-order valence-corrected chi connectivity index (χ0v) is 13.8. The lowest BCUT2D eigenvalue weighted by Crippen LogP contribution is -2.35. The van der Waals surface area contributed by atoms with E-state index in [2.05, 4.69) is 24.1 Å². The van der Waals surface area contributed by atoms with E-state index in [0.29, 0.717) is 6.54 Å². The largest absolute Gasteiger partial charge is 0.355 e. The van der Waals surface area contributed by atoms with E-state index in [0.717, 1.165) is 25.9 Å². The number of carbonyl (C=O) groups is 1. The van der Waals surface area contributed by atoms with E-state index in [9.17, 15) is 4.79 Å². The number of unbranched alkanes of at least 4 members (excludes halogenated alkanes) is 2. The van der Waals surface area contributed by atoms with E-state index >= 15 is 0 Å². The lowest BCUT2D eigenvalue weighted by molar-refractivity contribution is -0.121. The molecule has 0 radical (unpaired) electrons. The molecule has 0 aromatic carbocycles. The van der Waals surface area contributed by atoms with Crippen molar-refractivity contribution in [2.45, 2.75) is 67.2 Å². The zero-order chi connectivity index (χ0) is 14.8. The molecule has 18 heavy (non-hydrogen) atoms. The number of nitrogens with one attached hydrogen (secondary N) is 1. The third-order valence-electron chi connectivity index (χ3n) is 2.12. The number of rotatable bonds is 8. The third-order valence-corrected chi connectivity index (χ3v) is 2.12. The molecule has 0 aliphatic heterocycles. The number of hydrogen-bond donors (Lipinski definition) is 1. The summed E-state index contributed by atoms with van der Waals surface area (Å²) in [5.41, 5.74) is 0. The average molecular weight is 260 g/mol. The molecule has 1 N–H and O–H groups in total. The summed E-state index contributed by atoms with van der Waals surface area (Å²) in [6.07, 6.45) is 4.59. The van der Waals surface area contributed by atoms with E-state index < -0.39 is 0 Å². The van der Waals surface area contributed by atoms with Crippen molar-refractivity contribution in [3.05, 3.63) is 0 Å². The van der Waals surface area contributed by atoms with Crippen molar-refractivity contribution in [1.29, 1.82) is 0 Å². The van der Waals surface area contributed by atoms with Crippen molar-refractivity contribution < 1.29 is 4.79 Å². The number of carbonyl (C=O) groups excluding carboxylic acids is 1. The first-order valence-electron chi connectivity index (χ1n) is 7.66. The van der Waals surface area contributed by atoms with Crippen LogP contribution in [0.1, 0.15) is 67.2 Å². The highest BCUT2D eigenvalue weighted by Crippen LogP contribution is 1.91. The molecule has 0 bridgehead atoms. The summed E-state index contributed by atoms with van der Waals surface area (Å²) < 4.78 is 0. The van der Waals surface area contributed by atoms with Gasteiger partial charge in [-0.3, -0.25) is 9.69 Å². The Labute approximate surface area is 115 Å². The number of nitrogens with zero attached hydrogens (tertiary/aromatic N) is 1. The summed E-state index contributed by atoms with van der Waals surface area (Å²) in [4.78, 5) is 13.4. The second-order valence-electron chi connectivity index (χ2n) is 3.79. The van der Waals surface area contributed by atoms with Crippen LogP contribution in [0.4, 0.5) is 0 Å². The fraction of sp³-hybridized carbons (Fsp3) is 0.933. The van der Waals surface area contributed by atoms with E-state index in [1.165, 1.54) is 12.8 Å². The van der Waals surface area contributed by atoms with Gasteiger partial charge in [0.2, 0.25) is 5.91 Å². The van der Waals surface area contributed by atoms with E-state index in [4.69, 9.17) is 0 Å². The van der Waals surface area contributed by atoms with Crippen molar-refractivity contribution in [2.75, 3.05) is 26.7 Å². The molecule has 3 nitrogen and oxygen atoms in total. The minimum absolute atomic E-state index is 0.150. The van der Waals surface area contributed by atoms with Crippen LogP contribution in [0.15, 0.2) is 0 Å². The van der Waals surface area contributed by atoms with Gasteiger partial charge in [-0.1, -0.05) is 54.4 Å². The molecule has 1 amide bonds. The molecular formula is C15H36N2O. The Bertz CT molecular complexity index is 149. The number of hydrogen-bond acceptors (Lipinski definition) is 2. The predicted octanol–water partition coefficient (Wildman–Crippen LogP) is 3.69. The molecule has 0 saturated carbocycles. The molecule has 0 fully saturated rings. The topological polar surface area (TPSA) is 32.3 Å². The Morgan fingerprint density at radius 2 is 1.56 bits per heavy atom. The molecule has 3 heteroatoms. The smallest absolute Gasteiger partial charge is 0.234 e. The molecule has 0 saturated heterocycles. The molecule has 0 unspecified atom stereocenters. The fourth-order valence-corrected chi connectivity index (χ4v) is 1.36. The maximum atomic E-state index is 11.3. The minimum Gasteiger partial charge on any atom is -0.355 e. The van der Waals surface area contributed by atoms with Gasteiger partial charge in [0.05, 0.1) is 6.54 Å². The van der Waals surface area contributed by atoms with Crippen molar-refractivity contribution in [3.8, 4) is 0 Å². The highest BCUT2D eigenvalue weighted by atomic mass is 16.1. The summed E-state index contributed by atoms with van der Waals surface area (Å²) >= 11 is 0. The Kier molecular flexibility index (Phi) is 27.2. The molecule has 0 aliphatic carbocycles. The van der Waals surface area contributed by atoms with Crippen LogP contribution in [-0.2, 0) is 4.79 Å². The zero-order valence-electron chi connectivity index (χ0n) is 13.8. The fourth-order valence-electron chi connectivity index (χ4n) is 1.36. The lowest BCUT2D eigenvalue weighted by Gasteiger charge is -2.14. The molecule has 112 valence electrons. The van der Waals surface area contributed by atoms with Gasteiger partial charge in [-0.05, 0) is 26.4 Å². The van der Waals surface area contributed by atoms with Crippen LogP contribution in [0.5, 0.6) is 0 Å². The van der Waals surface area contributed by atoms with E-state index in [1.54, 1.807) is 0 Å². The monoisotopic (exact) mass is 260 g/mol. The van der Waals surface area contributed by atoms with Gasteiger partial charge < -0.3 is 5.32 Å². The highest BCUT2D eigenvalue weighted by molar-refractivity contribution is 5.77. The normalized spacial score (nSPS) is 8.89. The average Bonchev–Trinajstić information content (AvgIpc) is 2.40. The van der Waals surface area contributed by atoms with Gasteiger partial charge in [0.25, 0.3) is 0 Å². The first kappa shape index (κ1) is 22.6. The Morgan fingerprint density at radius 3 is 2.00 bits per heavy atom. The Balaban J connectivity index is -0.000000506. The number of likely N-dealkylation sites (N-methyl/N-ethyl adjacent to an activating group) is 1. The second-order valence-corrected chi connectivity index (χ2v) is 3.79. The summed E-state index contributed by atoms with van der Waals surface area (Å²) in [6, 6.07) is 0. The van der Waals surface area contributed by atoms with E-state index in [1.807, 2.05) is 34.7 Å². The molecule has 0 aromatic rings.